The highest BCUT2D eigenvalue weighted by Crippen LogP contribution is 2.18. The molecule has 2 rings (SSSR count). The van der Waals surface area contributed by atoms with Crippen LogP contribution < -0.4 is 20.9 Å². The second-order valence-electron chi connectivity index (χ2n) is 5.36. The van der Waals surface area contributed by atoms with Crippen LogP contribution in [-0.2, 0) is 6.42 Å². The molecule has 1 aromatic carbocycles. The van der Waals surface area contributed by atoms with Crippen LogP contribution in [-0.4, -0.2) is 30.3 Å². The number of benzene rings is 1. The van der Waals surface area contributed by atoms with Crippen LogP contribution in [0.2, 0.25) is 0 Å². The van der Waals surface area contributed by atoms with Gasteiger partial charge in [-0.3, -0.25) is 4.79 Å². The summed E-state index contributed by atoms with van der Waals surface area (Å²) in [4.78, 5) is 15.0. The monoisotopic (exact) mass is 333 g/mol. The Kier molecular flexibility index (Phi) is 6.40. The molecule has 3 N–H and O–H groups in total. The van der Waals surface area contributed by atoms with Gasteiger partial charge in [0.2, 0.25) is 0 Å². The Bertz CT molecular complexity index is 727. The number of hydrogen-bond donors (Lipinski definition) is 3. The Morgan fingerprint density at radius 3 is 2.78 bits per heavy atom. The molecule has 0 aliphatic heterocycles. The van der Waals surface area contributed by atoms with Crippen LogP contribution in [0.15, 0.2) is 29.1 Å². The van der Waals surface area contributed by atoms with E-state index < -0.39 is 0 Å². The van der Waals surface area contributed by atoms with E-state index in [9.17, 15) is 4.79 Å². The molecule has 0 saturated heterocycles. The van der Waals surface area contributed by atoms with Crippen LogP contribution in [0.5, 0.6) is 5.75 Å². The number of H-pyrrole nitrogens is 1. The van der Waals surface area contributed by atoms with E-state index in [1.807, 2.05) is 24.3 Å². The standard InChI is InChI=1S/C17H23N3O2S/c1-3-4-8-18-17(23)19-9-7-13-10-12-5-6-14(22-2)11-15(12)20-16(13)21/h5-6,10-11H,3-4,7-9H2,1-2H3,(H,20,21)(H2,18,19,23). The zero-order valence-corrected chi connectivity index (χ0v) is 14.4. The first kappa shape index (κ1) is 17.3. The number of pyridine rings is 1. The van der Waals surface area contributed by atoms with Crippen LogP contribution in [0.1, 0.15) is 25.3 Å². The first-order chi connectivity index (χ1) is 11.1. The molecule has 0 spiro atoms. The lowest BCUT2D eigenvalue weighted by molar-refractivity contribution is 0.415. The Morgan fingerprint density at radius 1 is 1.26 bits per heavy atom. The topological polar surface area (TPSA) is 66.2 Å². The van der Waals surface area contributed by atoms with Gasteiger partial charge in [0, 0.05) is 24.7 Å². The first-order valence-corrected chi connectivity index (χ1v) is 8.26. The molecule has 0 aliphatic rings. The van der Waals surface area contributed by atoms with E-state index in [0.717, 1.165) is 41.6 Å². The number of fused-ring (bicyclic) bond motifs is 1. The van der Waals surface area contributed by atoms with Crippen molar-refractivity contribution in [3.8, 4) is 5.75 Å². The molecule has 0 bridgehead atoms. The number of thiocarbonyl (C=S) groups is 1. The summed E-state index contributed by atoms with van der Waals surface area (Å²) in [5.41, 5.74) is 1.45. The highest BCUT2D eigenvalue weighted by atomic mass is 32.1. The molecular formula is C17H23N3O2S. The maximum Gasteiger partial charge on any atom is 0.251 e. The summed E-state index contributed by atoms with van der Waals surface area (Å²) < 4.78 is 5.17. The summed E-state index contributed by atoms with van der Waals surface area (Å²) in [5.74, 6) is 0.728. The normalized spacial score (nSPS) is 10.5. The predicted octanol–water partition coefficient (Wildman–Crippen LogP) is 2.34. The van der Waals surface area contributed by atoms with Gasteiger partial charge in [0.25, 0.3) is 5.56 Å². The molecule has 0 amide bonds. The summed E-state index contributed by atoms with van der Waals surface area (Å²) in [6.07, 6.45) is 2.84. The Labute approximate surface area is 141 Å². The molecule has 1 aromatic heterocycles. The summed E-state index contributed by atoms with van der Waals surface area (Å²) >= 11 is 5.20. The Balaban J connectivity index is 1.96. The van der Waals surface area contributed by atoms with Crippen LogP contribution >= 0.6 is 12.2 Å². The van der Waals surface area contributed by atoms with Gasteiger partial charge in [0.05, 0.1) is 12.6 Å². The number of ether oxygens (including phenoxy) is 1. The smallest absolute Gasteiger partial charge is 0.251 e. The molecule has 124 valence electrons. The van der Waals surface area contributed by atoms with Gasteiger partial charge in [-0.2, -0.15) is 0 Å². The third kappa shape index (κ3) is 4.96. The summed E-state index contributed by atoms with van der Waals surface area (Å²) in [6, 6.07) is 7.57. The van der Waals surface area contributed by atoms with Crippen molar-refractivity contribution < 1.29 is 4.74 Å². The van der Waals surface area contributed by atoms with Crippen molar-refractivity contribution in [1.82, 2.24) is 15.6 Å². The van der Waals surface area contributed by atoms with Crippen LogP contribution in [0.4, 0.5) is 0 Å². The highest BCUT2D eigenvalue weighted by Gasteiger charge is 2.04. The number of unbranched alkanes of at least 4 members (excludes halogenated alkanes) is 1. The van der Waals surface area contributed by atoms with Crippen molar-refractivity contribution in [2.24, 2.45) is 0 Å². The van der Waals surface area contributed by atoms with Crippen LogP contribution in [0.3, 0.4) is 0 Å². The third-order valence-electron chi connectivity index (χ3n) is 3.63. The Morgan fingerprint density at radius 2 is 2.04 bits per heavy atom. The predicted molar refractivity (Wildman–Crippen MR) is 98.3 cm³/mol. The minimum absolute atomic E-state index is 0.0718. The number of methoxy groups -OCH3 is 1. The number of aromatic nitrogens is 1. The molecule has 0 unspecified atom stereocenters. The van der Waals surface area contributed by atoms with E-state index in [0.29, 0.717) is 18.1 Å². The van der Waals surface area contributed by atoms with Gasteiger partial charge in [-0.1, -0.05) is 13.3 Å². The van der Waals surface area contributed by atoms with E-state index >= 15 is 0 Å². The summed E-state index contributed by atoms with van der Waals surface area (Å²) in [7, 11) is 1.61. The average molecular weight is 333 g/mol. The minimum atomic E-state index is -0.0718. The Hall–Kier alpha value is -2.08. The van der Waals surface area contributed by atoms with Gasteiger partial charge in [0.15, 0.2) is 5.11 Å². The van der Waals surface area contributed by atoms with Crippen molar-refractivity contribution >= 4 is 28.2 Å². The van der Waals surface area contributed by atoms with E-state index in [4.69, 9.17) is 17.0 Å². The van der Waals surface area contributed by atoms with E-state index in [2.05, 4.69) is 22.5 Å². The van der Waals surface area contributed by atoms with Crippen molar-refractivity contribution in [2.45, 2.75) is 26.2 Å². The van der Waals surface area contributed by atoms with Gasteiger partial charge in [-0.25, -0.2) is 0 Å². The molecule has 0 saturated carbocycles. The average Bonchev–Trinajstić information content (AvgIpc) is 2.55. The number of hydrogen-bond acceptors (Lipinski definition) is 3. The fraction of sp³-hybridized carbons (Fsp3) is 0.412. The molecule has 0 radical (unpaired) electrons. The minimum Gasteiger partial charge on any atom is -0.497 e. The number of rotatable bonds is 7. The highest BCUT2D eigenvalue weighted by molar-refractivity contribution is 7.80. The fourth-order valence-corrected chi connectivity index (χ4v) is 2.49. The van der Waals surface area contributed by atoms with Crippen LogP contribution in [0.25, 0.3) is 10.9 Å². The molecule has 6 heteroatoms. The lowest BCUT2D eigenvalue weighted by Gasteiger charge is -2.10. The zero-order valence-electron chi connectivity index (χ0n) is 13.6. The first-order valence-electron chi connectivity index (χ1n) is 7.85. The molecule has 0 fully saturated rings. The van der Waals surface area contributed by atoms with Crippen molar-refractivity contribution in [3.05, 3.63) is 40.2 Å². The second-order valence-corrected chi connectivity index (χ2v) is 5.77. The van der Waals surface area contributed by atoms with Crippen molar-refractivity contribution in [1.29, 1.82) is 0 Å². The molecule has 0 atom stereocenters. The lowest BCUT2D eigenvalue weighted by atomic mass is 10.1. The summed E-state index contributed by atoms with van der Waals surface area (Å²) in [5, 5.41) is 7.91. The number of nitrogens with one attached hydrogen (secondary N) is 3. The van der Waals surface area contributed by atoms with Crippen molar-refractivity contribution in [3.63, 3.8) is 0 Å². The maximum absolute atomic E-state index is 12.1. The van der Waals surface area contributed by atoms with E-state index in [1.54, 1.807) is 7.11 Å². The van der Waals surface area contributed by atoms with Crippen molar-refractivity contribution in [2.75, 3.05) is 20.2 Å². The van der Waals surface area contributed by atoms with Gasteiger partial charge in [-0.15, -0.1) is 0 Å². The molecule has 1 heterocycles. The molecule has 23 heavy (non-hydrogen) atoms. The van der Waals surface area contributed by atoms with Gasteiger partial charge < -0.3 is 20.4 Å². The zero-order chi connectivity index (χ0) is 16.7. The third-order valence-corrected chi connectivity index (χ3v) is 3.91. The molecule has 2 aromatic rings. The largest absolute Gasteiger partial charge is 0.497 e. The van der Waals surface area contributed by atoms with Gasteiger partial charge >= 0.3 is 0 Å². The molecule has 5 nitrogen and oxygen atoms in total. The van der Waals surface area contributed by atoms with E-state index in [-0.39, 0.29) is 5.56 Å². The second kappa shape index (κ2) is 8.53. The summed E-state index contributed by atoms with van der Waals surface area (Å²) in [6.45, 7) is 3.64. The molecule has 0 aliphatic carbocycles. The van der Waals surface area contributed by atoms with E-state index in [1.165, 1.54) is 0 Å². The quantitative estimate of drug-likeness (QED) is 0.536. The molecular weight excluding hydrogens is 310 g/mol. The number of aromatic amines is 1. The van der Waals surface area contributed by atoms with Crippen LogP contribution in [0, 0.1) is 0 Å². The lowest BCUT2D eigenvalue weighted by Crippen LogP contribution is -2.37. The SMILES string of the molecule is CCCCNC(=S)NCCc1cc2ccc(OC)cc2[nH]c1=O. The van der Waals surface area contributed by atoms with Gasteiger partial charge in [0.1, 0.15) is 5.75 Å². The van der Waals surface area contributed by atoms with Gasteiger partial charge in [-0.05, 0) is 48.6 Å². The maximum atomic E-state index is 12.1. The fourth-order valence-electron chi connectivity index (χ4n) is 2.29.